The Balaban J connectivity index is 2.71. The first kappa shape index (κ1) is 11.8. The minimum Gasteiger partial charge on any atom is -0.450 e. The lowest BCUT2D eigenvalue weighted by Crippen LogP contribution is -2.34. The van der Waals surface area contributed by atoms with Crippen LogP contribution in [0.1, 0.15) is 38.5 Å². The van der Waals surface area contributed by atoms with Gasteiger partial charge in [-0.2, -0.15) is 0 Å². The van der Waals surface area contributed by atoms with Gasteiger partial charge in [-0.3, -0.25) is 0 Å². The summed E-state index contributed by atoms with van der Waals surface area (Å²) in [4.78, 5) is 10.7. The Bertz CT molecular complexity index is 258. The lowest BCUT2D eigenvalue weighted by molar-refractivity contribution is -0.0290. The van der Waals surface area contributed by atoms with Gasteiger partial charge in [0.1, 0.15) is 5.60 Å². The topological polar surface area (TPSA) is 46.5 Å². The highest BCUT2D eigenvalue weighted by Gasteiger charge is 2.32. The fraction of sp³-hybridized carbons (Fsp3) is 0.583. The molecule has 1 aliphatic carbocycles. The Labute approximate surface area is 90.4 Å². The normalized spacial score (nSPS) is 28.5. The molecule has 1 unspecified atom stereocenters. The van der Waals surface area contributed by atoms with Crippen molar-refractivity contribution in [1.82, 2.24) is 0 Å². The highest BCUT2D eigenvalue weighted by Crippen LogP contribution is 2.31. The summed E-state index contributed by atoms with van der Waals surface area (Å²) in [5.74, 6) is 0. The molecule has 0 bridgehead atoms. The first-order valence-corrected chi connectivity index (χ1v) is 5.36. The number of carboxylic acid groups (broad SMARTS) is 1. The molecule has 0 aromatic carbocycles. The second kappa shape index (κ2) is 5.59. The summed E-state index contributed by atoms with van der Waals surface area (Å²) in [5.41, 5.74) is -0.543. The quantitative estimate of drug-likeness (QED) is 0.572. The van der Waals surface area contributed by atoms with Crippen LogP contribution in [0.15, 0.2) is 24.8 Å². The average molecular weight is 210 g/mol. The zero-order valence-electron chi connectivity index (χ0n) is 8.95. The van der Waals surface area contributed by atoms with Gasteiger partial charge in [-0.15, -0.1) is 6.58 Å². The van der Waals surface area contributed by atoms with Crippen molar-refractivity contribution in [3.63, 3.8) is 0 Å². The monoisotopic (exact) mass is 210 g/mol. The van der Waals surface area contributed by atoms with Crippen molar-refractivity contribution in [2.75, 3.05) is 0 Å². The highest BCUT2D eigenvalue weighted by atomic mass is 16.7. The van der Waals surface area contributed by atoms with Crippen molar-refractivity contribution in [3.8, 4) is 0 Å². The molecule has 1 rings (SSSR count). The van der Waals surface area contributed by atoms with Gasteiger partial charge in [-0.05, 0) is 32.1 Å². The summed E-state index contributed by atoms with van der Waals surface area (Å²) < 4.78 is 5.07. The van der Waals surface area contributed by atoms with E-state index in [1.54, 1.807) is 6.08 Å². The molecule has 0 radical (unpaired) electrons. The molecular weight excluding hydrogens is 192 g/mol. The van der Waals surface area contributed by atoms with Crippen LogP contribution < -0.4 is 0 Å². The first-order chi connectivity index (χ1) is 7.18. The molecule has 1 aliphatic rings. The Morgan fingerprint density at radius 2 is 2.20 bits per heavy atom. The van der Waals surface area contributed by atoms with E-state index in [2.05, 4.69) is 18.7 Å². The van der Waals surface area contributed by atoms with E-state index < -0.39 is 11.8 Å². The maximum atomic E-state index is 10.7. The van der Waals surface area contributed by atoms with Crippen LogP contribution in [0.5, 0.6) is 0 Å². The summed E-state index contributed by atoms with van der Waals surface area (Å²) in [6.07, 6.45) is 9.81. The van der Waals surface area contributed by atoms with Gasteiger partial charge >= 0.3 is 6.16 Å². The van der Waals surface area contributed by atoms with Crippen LogP contribution in [0.4, 0.5) is 4.79 Å². The van der Waals surface area contributed by atoms with Gasteiger partial charge in [0.25, 0.3) is 0 Å². The minimum atomic E-state index is -1.18. The zero-order chi connectivity index (χ0) is 11.1. The molecule has 0 aliphatic heterocycles. The number of rotatable bonds is 3. The van der Waals surface area contributed by atoms with E-state index in [9.17, 15) is 4.79 Å². The van der Waals surface area contributed by atoms with Crippen LogP contribution >= 0.6 is 0 Å². The van der Waals surface area contributed by atoms with E-state index >= 15 is 0 Å². The number of hydrogen-bond acceptors (Lipinski definition) is 2. The lowest BCUT2D eigenvalue weighted by Gasteiger charge is -2.32. The van der Waals surface area contributed by atoms with Gasteiger partial charge in [0.05, 0.1) is 0 Å². The van der Waals surface area contributed by atoms with Gasteiger partial charge in [-0.1, -0.05) is 18.2 Å². The van der Waals surface area contributed by atoms with E-state index in [0.717, 1.165) is 32.1 Å². The minimum absolute atomic E-state index is 0.543. The van der Waals surface area contributed by atoms with E-state index in [1.807, 2.05) is 0 Å². The molecule has 15 heavy (non-hydrogen) atoms. The van der Waals surface area contributed by atoms with Gasteiger partial charge in [-0.25, -0.2) is 4.79 Å². The maximum absolute atomic E-state index is 10.7. The van der Waals surface area contributed by atoms with E-state index in [-0.39, 0.29) is 0 Å². The van der Waals surface area contributed by atoms with Crippen LogP contribution in [0.2, 0.25) is 0 Å². The summed E-state index contributed by atoms with van der Waals surface area (Å²) in [6, 6.07) is 0. The predicted octanol–water partition coefficient (Wildman–Crippen LogP) is 3.52. The molecule has 0 aromatic heterocycles. The predicted molar refractivity (Wildman–Crippen MR) is 58.9 cm³/mol. The Hall–Kier alpha value is -1.25. The van der Waals surface area contributed by atoms with Gasteiger partial charge in [0.2, 0.25) is 0 Å². The van der Waals surface area contributed by atoms with Gasteiger partial charge in [0, 0.05) is 6.42 Å². The number of hydrogen-bond donors (Lipinski definition) is 1. The third-order valence-electron chi connectivity index (χ3n) is 2.76. The number of ether oxygens (including phenoxy) is 1. The molecule has 0 saturated carbocycles. The van der Waals surface area contributed by atoms with Crippen molar-refractivity contribution < 1.29 is 14.6 Å². The molecule has 1 atom stereocenters. The van der Waals surface area contributed by atoms with Crippen molar-refractivity contribution >= 4 is 6.16 Å². The Morgan fingerprint density at radius 1 is 1.47 bits per heavy atom. The first-order valence-electron chi connectivity index (χ1n) is 5.36. The molecule has 84 valence electrons. The maximum Gasteiger partial charge on any atom is 0.506 e. The van der Waals surface area contributed by atoms with Crippen LogP contribution in [0, 0.1) is 0 Å². The summed E-state index contributed by atoms with van der Waals surface area (Å²) in [7, 11) is 0. The summed E-state index contributed by atoms with van der Waals surface area (Å²) >= 11 is 0. The van der Waals surface area contributed by atoms with Gasteiger partial charge in [0.15, 0.2) is 0 Å². The van der Waals surface area contributed by atoms with E-state index in [1.165, 1.54) is 0 Å². The third-order valence-corrected chi connectivity index (χ3v) is 2.76. The molecule has 0 heterocycles. The molecule has 3 nitrogen and oxygen atoms in total. The third kappa shape index (κ3) is 3.78. The molecule has 0 aromatic rings. The standard InChI is InChI=1S/C12H18O3/c1-2-8-12(15-11(13)14)9-6-4-3-5-7-10-12/h2-4H,1,5-10H2,(H,13,14)/b4-3-. The van der Waals surface area contributed by atoms with E-state index in [4.69, 9.17) is 9.84 Å². The molecule has 0 spiro atoms. The largest absolute Gasteiger partial charge is 0.506 e. The molecule has 1 N–H and O–H groups in total. The van der Waals surface area contributed by atoms with E-state index in [0.29, 0.717) is 6.42 Å². The molecule has 0 amide bonds. The van der Waals surface area contributed by atoms with Crippen molar-refractivity contribution in [2.24, 2.45) is 0 Å². The Kier molecular flexibility index (Phi) is 4.40. The summed E-state index contributed by atoms with van der Waals surface area (Å²) in [5, 5.41) is 8.75. The summed E-state index contributed by atoms with van der Waals surface area (Å²) in [6.45, 7) is 3.67. The molecule has 0 saturated heterocycles. The van der Waals surface area contributed by atoms with Crippen LogP contribution in [0.25, 0.3) is 0 Å². The SMILES string of the molecule is C=CCC1(OC(=O)O)CC/C=C\CCC1. The number of allylic oxidation sites excluding steroid dienone is 2. The molecule has 0 fully saturated rings. The Morgan fingerprint density at radius 3 is 2.87 bits per heavy atom. The fourth-order valence-corrected chi connectivity index (χ4v) is 2.05. The van der Waals surface area contributed by atoms with Crippen molar-refractivity contribution in [3.05, 3.63) is 24.8 Å². The molecule has 3 heteroatoms. The van der Waals surface area contributed by atoms with Crippen molar-refractivity contribution in [2.45, 2.75) is 44.1 Å². The second-order valence-corrected chi connectivity index (χ2v) is 3.95. The molecular formula is C12H18O3. The van der Waals surface area contributed by atoms with Crippen LogP contribution in [0.3, 0.4) is 0 Å². The second-order valence-electron chi connectivity index (χ2n) is 3.95. The average Bonchev–Trinajstić information content (AvgIpc) is 2.11. The lowest BCUT2D eigenvalue weighted by atomic mass is 9.86. The zero-order valence-corrected chi connectivity index (χ0v) is 8.95. The smallest absolute Gasteiger partial charge is 0.450 e. The van der Waals surface area contributed by atoms with Crippen molar-refractivity contribution in [1.29, 1.82) is 0 Å². The van der Waals surface area contributed by atoms with Crippen LogP contribution in [-0.2, 0) is 4.74 Å². The van der Waals surface area contributed by atoms with Crippen LogP contribution in [-0.4, -0.2) is 16.9 Å². The fourth-order valence-electron chi connectivity index (χ4n) is 2.05. The number of carbonyl (C=O) groups is 1. The highest BCUT2D eigenvalue weighted by molar-refractivity contribution is 5.57. The van der Waals surface area contributed by atoms with Gasteiger partial charge < -0.3 is 9.84 Å².